The van der Waals surface area contributed by atoms with Crippen LogP contribution in [0.5, 0.6) is 0 Å². The molecule has 1 atom stereocenters. The Kier molecular flexibility index (Phi) is 3.65. The zero-order valence-electron chi connectivity index (χ0n) is 11.7. The first kappa shape index (κ1) is 14.7. The van der Waals surface area contributed by atoms with Crippen LogP contribution in [-0.2, 0) is 9.84 Å². The van der Waals surface area contributed by atoms with Gasteiger partial charge in [-0.05, 0) is 37.8 Å². The number of sulfone groups is 1. The fourth-order valence-corrected chi connectivity index (χ4v) is 5.47. The molecular weight excluding hydrogens is 310 g/mol. The van der Waals surface area contributed by atoms with E-state index >= 15 is 0 Å². The number of aryl methyl sites for hydroxylation is 1. The van der Waals surface area contributed by atoms with Crippen LogP contribution in [0.25, 0.3) is 0 Å². The Morgan fingerprint density at radius 2 is 2.05 bits per heavy atom. The van der Waals surface area contributed by atoms with Gasteiger partial charge in [0.1, 0.15) is 0 Å². The van der Waals surface area contributed by atoms with Crippen LogP contribution in [-0.4, -0.2) is 49.1 Å². The Morgan fingerprint density at radius 3 is 2.52 bits per heavy atom. The monoisotopic (exact) mass is 327 g/mol. The molecule has 0 N–H and O–H groups in total. The summed E-state index contributed by atoms with van der Waals surface area (Å²) in [5.41, 5.74) is 0.799. The van der Waals surface area contributed by atoms with E-state index < -0.39 is 9.84 Å². The van der Waals surface area contributed by atoms with E-state index in [2.05, 4.69) is 0 Å². The van der Waals surface area contributed by atoms with Gasteiger partial charge in [0.2, 0.25) is 0 Å². The maximum Gasteiger partial charge on any atom is 0.264 e. The predicted molar refractivity (Wildman–Crippen MR) is 80.7 cm³/mol. The first-order valence-electron chi connectivity index (χ1n) is 7.00. The minimum Gasteiger partial charge on any atom is -0.331 e. The topological polar surface area (TPSA) is 71.5 Å². The van der Waals surface area contributed by atoms with Crippen LogP contribution in [0.1, 0.15) is 44.2 Å². The molecule has 0 aromatic carbocycles. The standard InChI is InChI=1S/C14H17NO4S2/c1-9-6-12(20-13(9)7-16)14(17)15(10-2-3-10)11-4-5-21(18,19)8-11/h6-7,10-11H,2-5,8H2,1H3. The highest BCUT2D eigenvalue weighted by Gasteiger charge is 2.42. The van der Waals surface area contributed by atoms with E-state index in [0.717, 1.165) is 24.7 Å². The minimum absolute atomic E-state index is 0.0696. The van der Waals surface area contributed by atoms with Crippen LogP contribution in [0.15, 0.2) is 6.07 Å². The van der Waals surface area contributed by atoms with Gasteiger partial charge < -0.3 is 4.90 Å². The number of thiophene rings is 1. The van der Waals surface area contributed by atoms with Gasteiger partial charge in [-0.2, -0.15) is 0 Å². The van der Waals surface area contributed by atoms with Crippen LogP contribution < -0.4 is 0 Å². The predicted octanol–water partition coefficient (Wildman–Crippen LogP) is 1.66. The summed E-state index contributed by atoms with van der Waals surface area (Å²) in [7, 11) is -3.02. The Morgan fingerprint density at radius 1 is 1.33 bits per heavy atom. The van der Waals surface area contributed by atoms with Gasteiger partial charge in [-0.3, -0.25) is 9.59 Å². The Labute approximate surface area is 127 Å². The number of carbonyl (C=O) groups is 2. The summed E-state index contributed by atoms with van der Waals surface area (Å²) in [6.07, 6.45) is 3.16. The van der Waals surface area contributed by atoms with Crippen molar-refractivity contribution in [3.63, 3.8) is 0 Å². The van der Waals surface area contributed by atoms with Crippen molar-refractivity contribution < 1.29 is 18.0 Å². The van der Waals surface area contributed by atoms with Gasteiger partial charge in [-0.25, -0.2) is 8.42 Å². The summed E-state index contributed by atoms with van der Waals surface area (Å²) >= 11 is 1.19. The van der Waals surface area contributed by atoms with Gasteiger partial charge in [0.25, 0.3) is 5.91 Å². The normalized spacial score (nSPS) is 24.0. The lowest BCUT2D eigenvalue weighted by Gasteiger charge is -2.27. The van der Waals surface area contributed by atoms with Gasteiger partial charge >= 0.3 is 0 Å². The van der Waals surface area contributed by atoms with Crippen LogP contribution in [0.4, 0.5) is 0 Å². The molecule has 5 nitrogen and oxygen atoms in total. The third-order valence-electron chi connectivity index (χ3n) is 4.05. The minimum atomic E-state index is -3.02. The molecule has 1 saturated carbocycles. The van der Waals surface area contributed by atoms with E-state index in [1.807, 2.05) is 0 Å². The van der Waals surface area contributed by atoms with Gasteiger partial charge in [-0.1, -0.05) is 0 Å². The van der Waals surface area contributed by atoms with Gasteiger partial charge in [0, 0.05) is 12.1 Å². The van der Waals surface area contributed by atoms with Gasteiger partial charge in [-0.15, -0.1) is 11.3 Å². The van der Waals surface area contributed by atoms with Gasteiger partial charge in [0.15, 0.2) is 16.1 Å². The molecule has 1 aromatic heterocycles. The SMILES string of the molecule is Cc1cc(C(=O)N(C2CC2)C2CCS(=O)(=O)C2)sc1C=O. The molecule has 0 bridgehead atoms. The molecule has 2 heterocycles. The van der Waals surface area contributed by atoms with Crippen LogP contribution in [0, 0.1) is 6.92 Å². The van der Waals surface area contributed by atoms with Crippen molar-refractivity contribution >= 4 is 33.4 Å². The van der Waals surface area contributed by atoms with Gasteiger partial charge in [0.05, 0.1) is 21.3 Å². The molecule has 2 aliphatic rings. The second kappa shape index (κ2) is 5.21. The molecular formula is C14H17NO4S2. The van der Waals surface area contributed by atoms with Crippen molar-refractivity contribution in [3.05, 3.63) is 21.4 Å². The number of hydrogen-bond donors (Lipinski definition) is 0. The van der Waals surface area contributed by atoms with Crippen molar-refractivity contribution in [1.82, 2.24) is 4.90 Å². The summed E-state index contributed by atoms with van der Waals surface area (Å²) in [6.45, 7) is 1.80. The molecule has 1 amide bonds. The van der Waals surface area contributed by atoms with E-state index in [1.54, 1.807) is 17.9 Å². The highest BCUT2D eigenvalue weighted by atomic mass is 32.2. The lowest BCUT2D eigenvalue weighted by atomic mass is 10.2. The summed E-state index contributed by atoms with van der Waals surface area (Å²) < 4.78 is 23.3. The lowest BCUT2D eigenvalue weighted by Crippen LogP contribution is -2.42. The molecule has 1 aliphatic heterocycles. The van der Waals surface area contributed by atoms with E-state index in [0.29, 0.717) is 16.2 Å². The molecule has 114 valence electrons. The quantitative estimate of drug-likeness (QED) is 0.789. The summed E-state index contributed by atoms with van der Waals surface area (Å²) in [6, 6.07) is 1.69. The maximum absolute atomic E-state index is 12.7. The van der Waals surface area contributed by atoms with E-state index in [4.69, 9.17) is 0 Å². The van der Waals surface area contributed by atoms with Crippen molar-refractivity contribution in [1.29, 1.82) is 0 Å². The van der Waals surface area contributed by atoms with E-state index in [9.17, 15) is 18.0 Å². The van der Waals surface area contributed by atoms with E-state index in [-0.39, 0.29) is 29.5 Å². The first-order valence-corrected chi connectivity index (χ1v) is 9.64. The number of amides is 1. The summed E-state index contributed by atoms with van der Waals surface area (Å²) in [4.78, 5) is 26.5. The fraction of sp³-hybridized carbons (Fsp3) is 0.571. The molecule has 1 aliphatic carbocycles. The molecule has 21 heavy (non-hydrogen) atoms. The number of aldehydes is 1. The smallest absolute Gasteiger partial charge is 0.264 e. The first-order chi connectivity index (χ1) is 9.91. The number of hydrogen-bond acceptors (Lipinski definition) is 5. The van der Waals surface area contributed by atoms with Crippen molar-refractivity contribution in [2.24, 2.45) is 0 Å². The van der Waals surface area contributed by atoms with Crippen molar-refractivity contribution in [3.8, 4) is 0 Å². The molecule has 7 heteroatoms. The third kappa shape index (κ3) is 2.89. The highest BCUT2D eigenvalue weighted by Crippen LogP contribution is 2.35. The summed E-state index contributed by atoms with van der Waals surface area (Å²) in [5, 5.41) is 0. The molecule has 1 unspecified atom stereocenters. The Hall–Kier alpha value is -1.21. The second-order valence-electron chi connectivity index (χ2n) is 5.78. The van der Waals surface area contributed by atoms with E-state index in [1.165, 1.54) is 11.3 Å². The largest absolute Gasteiger partial charge is 0.331 e. The molecule has 1 saturated heterocycles. The Balaban J connectivity index is 1.87. The average Bonchev–Trinajstić information content (AvgIpc) is 3.08. The molecule has 2 fully saturated rings. The van der Waals surface area contributed by atoms with Crippen LogP contribution >= 0.6 is 11.3 Å². The maximum atomic E-state index is 12.7. The zero-order chi connectivity index (χ0) is 15.2. The summed E-state index contributed by atoms with van der Waals surface area (Å²) in [5.74, 6) is 0.109. The van der Waals surface area contributed by atoms with Crippen LogP contribution in [0.2, 0.25) is 0 Å². The van der Waals surface area contributed by atoms with Crippen LogP contribution in [0.3, 0.4) is 0 Å². The zero-order valence-corrected chi connectivity index (χ0v) is 13.4. The lowest BCUT2D eigenvalue weighted by molar-refractivity contribution is 0.0685. The number of rotatable bonds is 4. The molecule has 1 aromatic rings. The fourth-order valence-electron chi connectivity index (χ4n) is 2.82. The third-order valence-corrected chi connectivity index (χ3v) is 6.95. The average molecular weight is 327 g/mol. The molecule has 3 rings (SSSR count). The number of carbonyl (C=O) groups excluding carboxylic acids is 2. The molecule has 0 spiro atoms. The second-order valence-corrected chi connectivity index (χ2v) is 9.09. The molecule has 0 radical (unpaired) electrons. The number of nitrogens with zero attached hydrogens (tertiary/aromatic N) is 1. The Bertz CT molecular complexity index is 688. The van der Waals surface area contributed by atoms with Crippen molar-refractivity contribution in [2.45, 2.75) is 38.3 Å². The highest BCUT2D eigenvalue weighted by molar-refractivity contribution is 7.91. The van der Waals surface area contributed by atoms with Crippen molar-refractivity contribution in [2.75, 3.05) is 11.5 Å².